The lowest BCUT2D eigenvalue weighted by molar-refractivity contribution is -0.143. The summed E-state index contributed by atoms with van der Waals surface area (Å²) in [5, 5.41) is 3.55. The first kappa shape index (κ1) is 21.5. The molecule has 0 saturated carbocycles. The summed E-state index contributed by atoms with van der Waals surface area (Å²) in [7, 11) is 1.67. The monoisotopic (exact) mass is 390 g/mol. The lowest BCUT2D eigenvalue weighted by atomic mass is 9.78. The van der Waals surface area contributed by atoms with E-state index in [0.29, 0.717) is 19.0 Å². The second kappa shape index (κ2) is 9.95. The Labute approximate surface area is 166 Å². The Morgan fingerprint density at radius 2 is 2.22 bits per heavy atom. The van der Waals surface area contributed by atoms with Gasteiger partial charge in [-0.3, -0.25) is 4.99 Å². The van der Waals surface area contributed by atoms with Gasteiger partial charge in [0.2, 0.25) is 0 Å². The van der Waals surface area contributed by atoms with Crippen LogP contribution in [0.4, 0.5) is 0 Å². The molecular formula is C21H30N2O3S. The normalized spacial score (nSPS) is 22.3. The average Bonchev–Trinajstić information content (AvgIpc) is 2.60. The number of rotatable bonds is 8. The van der Waals surface area contributed by atoms with Gasteiger partial charge in [0.05, 0.1) is 18.9 Å². The molecule has 148 valence electrons. The lowest BCUT2D eigenvalue weighted by Gasteiger charge is -2.37. The van der Waals surface area contributed by atoms with Gasteiger partial charge in [-0.05, 0) is 37.3 Å². The highest BCUT2D eigenvalue weighted by Gasteiger charge is 2.36. The number of methoxy groups -OCH3 is 1. The molecule has 0 aromatic heterocycles. The maximum atomic E-state index is 12.1. The van der Waals surface area contributed by atoms with E-state index in [1.54, 1.807) is 24.9 Å². The number of allylic oxidation sites excluding steroid dienone is 5. The van der Waals surface area contributed by atoms with Gasteiger partial charge in [0, 0.05) is 29.2 Å². The minimum atomic E-state index is -0.409. The van der Waals surface area contributed by atoms with E-state index in [2.05, 4.69) is 25.7 Å². The van der Waals surface area contributed by atoms with Gasteiger partial charge in [-0.15, -0.1) is 11.8 Å². The molecule has 2 rings (SSSR count). The summed E-state index contributed by atoms with van der Waals surface area (Å²) in [4.78, 5) is 18.0. The third-order valence-electron chi connectivity index (χ3n) is 4.25. The van der Waals surface area contributed by atoms with Crippen LogP contribution >= 0.6 is 11.8 Å². The predicted molar refractivity (Wildman–Crippen MR) is 113 cm³/mol. The minimum Gasteiger partial charge on any atom is -0.464 e. The molecule has 1 N–H and O–H groups in total. The number of thioether (sulfide) groups is 1. The summed E-state index contributed by atoms with van der Waals surface area (Å²) in [6.45, 7) is 11.0. The van der Waals surface area contributed by atoms with Crippen LogP contribution in [0.25, 0.3) is 0 Å². The summed E-state index contributed by atoms with van der Waals surface area (Å²) < 4.78 is 10.2. The van der Waals surface area contributed by atoms with Crippen molar-refractivity contribution in [2.75, 3.05) is 26.1 Å². The molecule has 0 aromatic carbocycles. The van der Waals surface area contributed by atoms with Crippen molar-refractivity contribution in [1.82, 2.24) is 5.32 Å². The average molecular weight is 391 g/mol. The predicted octanol–water partition coefficient (Wildman–Crippen LogP) is 4.00. The molecule has 0 spiro atoms. The molecule has 27 heavy (non-hydrogen) atoms. The molecule has 1 unspecified atom stereocenters. The van der Waals surface area contributed by atoms with Crippen molar-refractivity contribution in [3.05, 3.63) is 47.2 Å². The molecule has 2 aliphatic rings. The van der Waals surface area contributed by atoms with Gasteiger partial charge in [0.25, 0.3) is 0 Å². The molecule has 6 heteroatoms. The molecule has 1 heterocycles. The highest BCUT2D eigenvalue weighted by atomic mass is 32.2. The second-order valence-electron chi connectivity index (χ2n) is 7.32. The standard InChI is InChI=1S/C21H30N2O3S/c1-6-9-15(10-8-11-25-5)22-16-12-21(3,4)13-17-19(16)27-14-18(23-17)20(24)26-7-2/h6,8-10,18,22H,1,7,11-14H2,2-5H3/b10-8-,15-9+. The molecule has 0 aromatic rings. The van der Waals surface area contributed by atoms with E-state index in [-0.39, 0.29) is 11.4 Å². The first-order valence-corrected chi connectivity index (χ1v) is 10.2. The Morgan fingerprint density at radius 1 is 1.44 bits per heavy atom. The Hall–Kier alpha value is -1.79. The first-order chi connectivity index (χ1) is 12.9. The van der Waals surface area contributed by atoms with Crippen molar-refractivity contribution < 1.29 is 14.3 Å². The fourth-order valence-corrected chi connectivity index (χ4v) is 4.29. The van der Waals surface area contributed by atoms with Crippen LogP contribution in [-0.2, 0) is 14.3 Å². The van der Waals surface area contributed by atoms with E-state index >= 15 is 0 Å². The van der Waals surface area contributed by atoms with Crippen LogP contribution in [0.3, 0.4) is 0 Å². The molecule has 0 radical (unpaired) electrons. The van der Waals surface area contributed by atoms with E-state index in [4.69, 9.17) is 14.5 Å². The summed E-state index contributed by atoms with van der Waals surface area (Å²) in [5.74, 6) is 0.382. The number of hydrogen-bond acceptors (Lipinski definition) is 6. The van der Waals surface area contributed by atoms with Gasteiger partial charge >= 0.3 is 5.97 Å². The Morgan fingerprint density at radius 3 is 2.89 bits per heavy atom. The fraction of sp³-hybridized carbons (Fsp3) is 0.524. The van der Waals surface area contributed by atoms with E-state index in [0.717, 1.165) is 34.9 Å². The van der Waals surface area contributed by atoms with Crippen LogP contribution < -0.4 is 5.32 Å². The van der Waals surface area contributed by atoms with Crippen LogP contribution in [0, 0.1) is 5.41 Å². The van der Waals surface area contributed by atoms with E-state index < -0.39 is 6.04 Å². The molecule has 0 bridgehead atoms. The van der Waals surface area contributed by atoms with Crippen LogP contribution in [0.1, 0.15) is 33.6 Å². The number of esters is 1. The number of fused-ring (bicyclic) bond motifs is 1. The zero-order chi connectivity index (χ0) is 19.9. The van der Waals surface area contributed by atoms with Crippen LogP contribution in [0.5, 0.6) is 0 Å². The second-order valence-corrected chi connectivity index (χ2v) is 8.35. The van der Waals surface area contributed by atoms with Gasteiger partial charge in [-0.2, -0.15) is 0 Å². The van der Waals surface area contributed by atoms with Crippen molar-refractivity contribution in [3.8, 4) is 0 Å². The Bertz CT molecular complexity index is 690. The van der Waals surface area contributed by atoms with Crippen molar-refractivity contribution in [1.29, 1.82) is 0 Å². The maximum absolute atomic E-state index is 12.1. The number of ether oxygens (including phenoxy) is 2. The highest BCUT2D eigenvalue weighted by Crippen LogP contribution is 2.42. The topological polar surface area (TPSA) is 59.9 Å². The number of nitrogens with zero attached hydrogens (tertiary/aromatic N) is 1. The largest absolute Gasteiger partial charge is 0.464 e. The molecule has 1 aliphatic carbocycles. The van der Waals surface area contributed by atoms with Crippen LogP contribution in [-0.4, -0.2) is 43.8 Å². The zero-order valence-electron chi connectivity index (χ0n) is 16.7. The number of nitrogens with one attached hydrogen (secondary N) is 1. The van der Waals surface area contributed by atoms with Crippen molar-refractivity contribution >= 4 is 23.4 Å². The molecule has 5 nitrogen and oxygen atoms in total. The Kier molecular flexibility index (Phi) is 7.92. The number of hydrogen-bond donors (Lipinski definition) is 1. The zero-order valence-corrected chi connectivity index (χ0v) is 17.5. The van der Waals surface area contributed by atoms with Gasteiger partial charge in [0.1, 0.15) is 0 Å². The summed E-state index contributed by atoms with van der Waals surface area (Å²) in [6, 6.07) is -0.409. The third-order valence-corrected chi connectivity index (χ3v) is 5.50. The molecule has 1 aliphatic heterocycles. The van der Waals surface area contributed by atoms with Gasteiger partial charge < -0.3 is 14.8 Å². The first-order valence-electron chi connectivity index (χ1n) is 9.25. The SMILES string of the molecule is C=C/C=C(\C=C/COC)NC1=C2SCC(C(=O)OCC)N=C2CC(C)(C)C1. The van der Waals surface area contributed by atoms with Crippen LogP contribution in [0.15, 0.2) is 52.2 Å². The molecule has 0 saturated heterocycles. The smallest absolute Gasteiger partial charge is 0.331 e. The quantitative estimate of drug-likeness (QED) is 0.501. The van der Waals surface area contributed by atoms with Gasteiger partial charge in [0.15, 0.2) is 6.04 Å². The summed E-state index contributed by atoms with van der Waals surface area (Å²) in [6.07, 6.45) is 9.43. The van der Waals surface area contributed by atoms with Gasteiger partial charge in [-0.25, -0.2) is 4.79 Å². The number of carbonyl (C=O) groups is 1. The van der Waals surface area contributed by atoms with Crippen LogP contribution in [0.2, 0.25) is 0 Å². The molecule has 0 amide bonds. The molecular weight excluding hydrogens is 360 g/mol. The van der Waals surface area contributed by atoms with E-state index in [1.165, 1.54) is 0 Å². The highest BCUT2D eigenvalue weighted by molar-refractivity contribution is 8.04. The van der Waals surface area contributed by atoms with E-state index in [9.17, 15) is 4.79 Å². The maximum Gasteiger partial charge on any atom is 0.331 e. The third kappa shape index (κ3) is 6.11. The van der Waals surface area contributed by atoms with Crippen molar-refractivity contribution in [2.45, 2.75) is 39.7 Å². The van der Waals surface area contributed by atoms with Gasteiger partial charge in [-0.1, -0.05) is 32.6 Å². The van der Waals surface area contributed by atoms with Crippen molar-refractivity contribution in [3.63, 3.8) is 0 Å². The number of carbonyl (C=O) groups excluding carboxylic acids is 1. The van der Waals surface area contributed by atoms with Crippen molar-refractivity contribution in [2.24, 2.45) is 10.4 Å². The summed E-state index contributed by atoms with van der Waals surface area (Å²) >= 11 is 1.69. The lowest BCUT2D eigenvalue weighted by Crippen LogP contribution is -2.36. The Balaban J connectivity index is 2.31. The fourth-order valence-electron chi connectivity index (χ4n) is 3.16. The molecule has 1 atom stereocenters. The molecule has 0 fully saturated rings. The number of aliphatic imine (C=N–C) groups is 1. The van der Waals surface area contributed by atoms with E-state index in [1.807, 2.05) is 25.2 Å². The minimum absolute atomic E-state index is 0.0668. The summed E-state index contributed by atoms with van der Waals surface area (Å²) in [5.41, 5.74) is 3.17.